The quantitative estimate of drug-likeness (QED) is 0.736. The van der Waals surface area contributed by atoms with E-state index in [1.54, 1.807) is 25.2 Å². The SMILES string of the molecule is CN(C1CCc2[nH]c3ccccc3c2C1)S(=O)(=O)c1ccc2c(c1)OCCO2. The fourth-order valence-electron chi connectivity index (χ4n) is 4.21. The molecule has 0 saturated carbocycles. The summed E-state index contributed by atoms with van der Waals surface area (Å²) in [5, 5.41) is 1.19. The number of para-hydroxylation sites is 1. The summed E-state index contributed by atoms with van der Waals surface area (Å²) >= 11 is 0. The molecule has 0 amide bonds. The molecule has 3 aromatic rings. The van der Waals surface area contributed by atoms with Crippen LogP contribution in [0, 0.1) is 0 Å². The molecule has 1 N–H and O–H groups in total. The minimum Gasteiger partial charge on any atom is -0.486 e. The van der Waals surface area contributed by atoms with E-state index in [1.165, 1.54) is 20.9 Å². The highest BCUT2D eigenvalue weighted by Gasteiger charge is 2.33. The zero-order chi connectivity index (χ0) is 19.3. The lowest BCUT2D eigenvalue weighted by Crippen LogP contribution is -2.40. The van der Waals surface area contributed by atoms with Crippen molar-refractivity contribution in [2.24, 2.45) is 0 Å². The molecular formula is C21H22N2O4S. The lowest BCUT2D eigenvalue weighted by molar-refractivity contribution is 0.171. The van der Waals surface area contributed by atoms with Crippen LogP contribution < -0.4 is 9.47 Å². The fourth-order valence-corrected chi connectivity index (χ4v) is 5.61. The molecule has 0 bridgehead atoms. The van der Waals surface area contributed by atoms with Crippen molar-refractivity contribution in [1.82, 2.24) is 9.29 Å². The van der Waals surface area contributed by atoms with Gasteiger partial charge in [-0.15, -0.1) is 0 Å². The zero-order valence-electron chi connectivity index (χ0n) is 15.6. The van der Waals surface area contributed by atoms with Crippen LogP contribution in [0.15, 0.2) is 47.4 Å². The summed E-state index contributed by atoms with van der Waals surface area (Å²) in [6.07, 6.45) is 2.34. The van der Waals surface area contributed by atoms with Crippen molar-refractivity contribution in [2.75, 3.05) is 20.3 Å². The third-order valence-corrected chi connectivity index (χ3v) is 7.68. The highest BCUT2D eigenvalue weighted by atomic mass is 32.2. The van der Waals surface area contributed by atoms with Crippen LogP contribution in [0.4, 0.5) is 0 Å². The van der Waals surface area contributed by atoms with Crippen LogP contribution in [0.3, 0.4) is 0 Å². The largest absolute Gasteiger partial charge is 0.486 e. The van der Waals surface area contributed by atoms with E-state index in [4.69, 9.17) is 9.47 Å². The third-order valence-electron chi connectivity index (χ3n) is 5.77. The van der Waals surface area contributed by atoms with E-state index < -0.39 is 10.0 Å². The molecule has 0 saturated heterocycles. The summed E-state index contributed by atoms with van der Waals surface area (Å²) in [5.41, 5.74) is 3.57. The molecule has 6 nitrogen and oxygen atoms in total. The molecule has 1 aromatic heterocycles. The number of aromatic nitrogens is 1. The average Bonchev–Trinajstić information content (AvgIpc) is 3.10. The predicted octanol–water partition coefficient (Wildman–Crippen LogP) is 3.12. The minimum absolute atomic E-state index is 0.0788. The molecule has 28 heavy (non-hydrogen) atoms. The number of rotatable bonds is 3. The van der Waals surface area contributed by atoms with Crippen molar-refractivity contribution in [3.63, 3.8) is 0 Å². The molecule has 2 aliphatic rings. The molecule has 2 heterocycles. The van der Waals surface area contributed by atoms with Gasteiger partial charge in [0, 0.05) is 35.8 Å². The molecule has 0 fully saturated rings. The van der Waals surface area contributed by atoms with Gasteiger partial charge in [0.05, 0.1) is 4.90 Å². The number of benzene rings is 2. The van der Waals surface area contributed by atoms with Crippen LogP contribution in [0.5, 0.6) is 11.5 Å². The Morgan fingerprint density at radius 3 is 2.71 bits per heavy atom. The summed E-state index contributed by atoms with van der Waals surface area (Å²) in [4.78, 5) is 3.72. The molecule has 1 atom stereocenters. The first-order valence-corrected chi connectivity index (χ1v) is 10.9. The number of nitrogens with one attached hydrogen (secondary N) is 1. The molecule has 1 aliphatic carbocycles. The van der Waals surface area contributed by atoms with Crippen molar-refractivity contribution in [2.45, 2.75) is 30.2 Å². The van der Waals surface area contributed by atoms with E-state index in [0.29, 0.717) is 31.1 Å². The molecule has 7 heteroatoms. The first-order chi connectivity index (χ1) is 13.5. The van der Waals surface area contributed by atoms with Gasteiger partial charge in [-0.2, -0.15) is 4.31 Å². The smallest absolute Gasteiger partial charge is 0.243 e. The maximum Gasteiger partial charge on any atom is 0.243 e. The van der Waals surface area contributed by atoms with Crippen molar-refractivity contribution >= 4 is 20.9 Å². The van der Waals surface area contributed by atoms with Gasteiger partial charge in [0.25, 0.3) is 0 Å². The van der Waals surface area contributed by atoms with Gasteiger partial charge in [-0.1, -0.05) is 18.2 Å². The Bertz CT molecular complexity index is 1150. The maximum absolute atomic E-state index is 13.3. The summed E-state index contributed by atoms with van der Waals surface area (Å²) in [7, 11) is -1.95. The summed E-state index contributed by atoms with van der Waals surface area (Å²) in [6.45, 7) is 0.909. The number of nitrogens with zero attached hydrogens (tertiary/aromatic N) is 1. The van der Waals surface area contributed by atoms with Gasteiger partial charge in [-0.25, -0.2) is 8.42 Å². The van der Waals surface area contributed by atoms with E-state index in [0.717, 1.165) is 18.4 Å². The van der Waals surface area contributed by atoms with Crippen molar-refractivity contribution in [3.05, 3.63) is 53.7 Å². The van der Waals surface area contributed by atoms with Crippen LogP contribution in [0.2, 0.25) is 0 Å². The number of fused-ring (bicyclic) bond motifs is 4. The third kappa shape index (κ3) is 2.77. The molecule has 0 spiro atoms. The Morgan fingerprint density at radius 1 is 1.07 bits per heavy atom. The zero-order valence-corrected chi connectivity index (χ0v) is 16.5. The van der Waals surface area contributed by atoms with Crippen LogP contribution in [0.1, 0.15) is 17.7 Å². The minimum atomic E-state index is -3.62. The maximum atomic E-state index is 13.3. The Labute approximate surface area is 164 Å². The highest BCUT2D eigenvalue weighted by molar-refractivity contribution is 7.89. The van der Waals surface area contributed by atoms with E-state index in [1.807, 2.05) is 12.1 Å². The molecule has 2 aromatic carbocycles. The lowest BCUT2D eigenvalue weighted by atomic mass is 9.91. The van der Waals surface area contributed by atoms with Gasteiger partial charge >= 0.3 is 0 Å². The van der Waals surface area contributed by atoms with Gasteiger partial charge in [0.2, 0.25) is 10.0 Å². The number of sulfonamides is 1. The number of hydrogen-bond acceptors (Lipinski definition) is 4. The highest BCUT2D eigenvalue weighted by Crippen LogP contribution is 2.35. The van der Waals surface area contributed by atoms with Crippen LogP contribution in [-0.4, -0.2) is 44.0 Å². The Kier molecular flexibility index (Phi) is 4.10. The normalized spacial score (nSPS) is 19.0. The first kappa shape index (κ1) is 17.6. The topological polar surface area (TPSA) is 71.6 Å². The molecular weight excluding hydrogens is 376 g/mol. The van der Waals surface area contributed by atoms with Crippen LogP contribution in [-0.2, 0) is 22.9 Å². The van der Waals surface area contributed by atoms with Gasteiger partial charge < -0.3 is 14.5 Å². The Hall–Kier alpha value is -2.51. The average molecular weight is 398 g/mol. The summed E-state index contributed by atoms with van der Waals surface area (Å²) < 4.78 is 39.1. The van der Waals surface area contributed by atoms with Crippen LogP contribution >= 0.6 is 0 Å². The van der Waals surface area contributed by atoms with Crippen LogP contribution in [0.25, 0.3) is 10.9 Å². The Balaban J connectivity index is 1.45. The molecule has 0 radical (unpaired) electrons. The number of aryl methyl sites for hydroxylation is 1. The Morgan fingerprint density at radius 2 is 1.86 bits per heavy atom. The number of likely N-dealkylation sites (N-methyl/N-ethyl adjacent to an activating group) is 1. The van der Waals surface area contributed by atoms with E-state index >= 15 is 0 Å². The predicted molar refractivity (Wildman–Crippen MR) is 106 cm³/mol. The number of hydrogen-bond donors (Lipinski definition) is 1. The second-order valence-corrected chi connectivity index (χ2v) is 9.35. The van der Waals surface area contributed by atoms with Gasteiger partial charge in [0.15, 0.2) is 11.5 Å². The molecule has 146 valence electrons. The van der Waals surface area contributed by atoms with Gasteiger partial charge in [-0.05, 0) is 43.0 Å². The van der Waals surface area contributed by atoms with Crippen molar-refractivity contribution in [3.8, 4) is 11.5 Å². The van der Waals surface area contributed by atoms with Crippen molar-refractivity contribution in [1.29, 1.82) is 0 Å². The fraction of sp³-hybridized carbons (Fsp3) is 0.333. The van der Waals surface area contributed by atoms with Gasteiger partial charge in [0.1, 0.15) is 13.2 Å². The summed E-state index contributed by atoms with van der Waals surface area (Å²) in [6, 6.07) is 13.0. The van der Waals surface area contributed by atoms with E-state index in [9.17, 15) is 8.42 Å². The standard InChI is InChI=1S/C21H22N2O4S/c1-23(28(24,25)15-7-9-20-21(13-15)27-11-10-26-20)14-6-8-19-17(12-14)16-4-2-3-5-18(16)22-19/h2-5,7,9,13-14,22H,6,8,10-12H2,1H3. The lowest BCUT2D eigenvalue weighted by Gasteiger charge is -2.31. The second kappa shape index (κ2) is 6.53. The van der Waals surface area contributed by atoms with E-state index in [-0.39, 0.29) is 10.9 Å². The molecule has 5 rings (SSSR count). The number of H-pyrrole nitrogens is 1. The monoisotopic (exact) mass is 398 g/mol. The summed E-state index contributed by atoms with van der Waals surface area (Å²) in [5.74, 6) is 1.08. The second-order valence-electron chi connectivity index (χ2n) is 7.35. The first-order valence-electron chi connectivity index (χ1n) is 9.50. The number of ether oxygens (including phenoxy) is 2. The number of aromatic amines is 1. The van der Waals surface area contributed by atoms with E-state index in [2.05, 4.69) is 17.1 Å². The van der Waals surface area contributed by atoms with Crippen molar-refractivity contribution < 1.29 is 17.9 Å². The molecule has 1 aliphatic heterocycles. The molecule has 1 unspecified atom stereocenters. The van der Waals surface area contributed by atoms with Gasteiger partial charge in [-0.3, -0.25) is 0 Å².